The van der Waals surface area contributed by atoms with Gasteiger partial charge < -0.3 is 10.6 Å². The summed E-state index contributed by atoms with van der Waals surface area (Å²) in [5.74, 6) is 1.11. The van der Waals surface area contributed by atoms with Gasteiger partial charge in [-0.25, -0.2) is 4.98 Å². The molecule has 18 heavy (non-hydrogen) atoms. The first-order valence-electron chi connectivity index (χ1n) is 6.62. The van der Waals surface area contributed by atoms with Gasteiger partial charge in [0.15, 0.2) is 10.8 Å². The third kappa shape index (κ3) is 2.52. The van der Waals surface area contributed by atoms with Crippen LogP contribution in [0.3, 0.4) is 0 Å². The van der Waals surface area contributed by atoms with E-state index in [0.717, 1.165) is 36.7 Å². The Labute approximate surface area is 112 Å². The second-order valence-corrected chi connectivity index (χ2v) is 5.57. The van der Waals surface area contributed by atoms with Crippen LogP contribution in [0.1, 0.15) is 32.9 Å². The van der Waals surface area contributed by atoms with Crippen LogP contribution in [-0.4, -0.2) is 28.5 Å². The lowest BCUT2D eigenvalue weighted by Gasteiger charge is -2.21. The average Bonchev–Trinajstić information content (AvgIpc) is 2.88. The first-order chi connectivity index (χ1) is 8.67. The van der Waals surface area contributed by atoms with Crippen LogP contribution >= 0.6 is 11.3 Å². The lowest BCUT2D eigenvalue weighted by Crippen LogP contribution is -2.27. The minimum absolute atomic E-state index is 0.156. The van der Waals surface area contributed by atoms with Gasteiger partial charge in [-0.3, -0.25) is 4.40 Å². The Morgan fingerprint density at radius 1 is 1.50 bits per heavy atom. The van der Waals surface area contributed by atoms with E-state index in [2.05, 4.69) is 34.7 Å². The van der Waals surface area contributed by atoms with Crippen molar-refractivity contribution in [3.63, 3.8) is 0 Å². The molecule has 0 saturated heterocycles. The number of thiazole rings is 1. The highest BCUT2D eigenvalue weighted by atomic mass is 32.1. The largest absolute Gasteiger partial charge is 0.355 e. The van der Waals surface area contributed by atoms with Crippen LogP contribution in [0.4, 0.5) is 5.82 Å². The lowest BCUT2D eigenvalue weighted by molar-refractivity contribution is 0.706. The van der Waals surface area contributed by atoms with Crippen LogP contribution < -0.4 is 10.6 Å². The van der Waals surface area contributed by atoms with E-state index in [9.17, 15) is 0 Å². The molecule has 2 rings (SSSR count). The van der Waals surface area contributed by atoms with E-state index in [1.807, 2.05) is 6.92 Å². The van der Waals surface area contributed by atoms with Crippen LogP contribution in [0, 0.1) is 0 Å². The fraction of sp³-hybridized carbons (Fsp3) is 0.615. The Morgan fingerprint density at radius 2 is 2.28 bits per heavy atom. The molecule has 0 aliphatic heterocycles. The quantitative estimate of drug-likeness (QED) is 0.874. The van der Waals surface area contributed by atoms with E-state index >= 15 is 0 Å². The maximum atomic E-state index is 5.97. The average molecular weight is 266 g/mol. The number of fused-ring (bicyclic) bond motifs is 1. The molecular formula is C13H22N4S. The number of aromatic nitrogens is 2. The molecule has 0 aliphatic carbocycles. The summed E-state index contributed by atoms with van der Waals surface area (Å²) in [6, 6.07) is 0.156. The molecule has 0 aliphatic rings. The number of rotatable bonds is 6. The first kappa shape index (κ1) is 13.4. The van der Waals surface area contributed by atoms with Crippen molar-refractivity contribution in [3.8, 4) is 0 Å². The zero-order valence-corrected chi connectivity index (χ0v) is 12.2. The van der Waals surface area contributed by atoms with Crippen LogP contribution in [0.25, 0.3) is 4.96 Å². The van der Waals surface area contributed by atoms with Crippen molar-refractivity contribution in [1.29, 1.82) is 0 Å². The second-order valence-electron chi connectivity index (χ2n) is 4.70. The van der Waals surface area contributed by atoms with Crippen molar-refractivity contribution in [3.05, 3.63) is 17.3 Å². The van der Waals surface area contributed by atoms with Crippen molar-refractivity contribution in [1.82, 2.24) is 9.38 Å². The maximum absolute atomic E-state index is 5.97. The summed E-state index contributed by atoms with van der Waals surface area (Å²) in [5, 5.41) is 2.08. The third-order valence-corrected chi connectivity index (χ3v) is 3.79. The van der Waals surface area contributed by atoms with Crippen molar-refractivity contribution < 1.29 is 0 Å². The summed E-state index contributed by atoms with van der Waals surface area (Å²) in [7, 11) is 0. The summed E-state index contributed by atoms with van der Waals surface area (Å²) in [4.78, 5) is 8.18. The number of hydrogen-bond acceptors (Lipinski definition) is 4. The smallest absolute Gasteiger partial charge is 0.195 e. The van der Waals surface area contributed by atoms with Gasteiger partial charge in [-0.2, -0.15) is 0 Å². The first-order valence-corrected chi connectivity index (χ1v) is 7.50. The second kappa shape index (κ2) is 5.71. The van der Waals surface area contributed by atoms with E-state index < -0.39 is 0 Å². The molecule has 0 aromatic carbocycles. The molecule has 0 amide bonds. The van der Waals surface area contributed by atoms with E-state index in [1.54, 1.807) is 11.3 Å². The van der Waals surface area contributed by atoms with Crippen molar-refractivity contribution in [2.45, 2.75) is 39.7 Å². The lowest BCUT2D eigenvalue weighted by atomic mass is 10.2. The summed E-state index contributed by atoms with van der Waals surface area (Å²) in [6.07, 6.45) is 4.10. The summed E-state index contributed by atoms with van der Waals surface area (Å²) in [6.45, 7) is 8.47. The van der Waals surface area contributed by atoms with E-state index in [4.69, 9.17) is 10.7 Å². The minimum Gasteiger partial charge on any atom is -0.355 e. The highest BCUT2D eigenvalue weighted by Gasteiger charge is 2.18. The molecule has 2 aromatic heterocycles. The molecule has 0 saturated carbocycles. The Kier molecular flexibility index (Phi) is 4.24. The number of anilines is 1. The molecule has 5 heteroatoms. The van der Waals surface area contributed by atoms with E-state index in [1.165, 1.54) is 5.69 Å². The van der Waals surface area contributed by atoms with Gasteiger partial charge in [-0.05, 0) is 20.3 Å². The maximum Gasteiger partial charge on any atom is 0.195 e. The number of hydrogen-bond donors (Lipinski definition) is 1. The Morgan fingerprint density at radius 3 is 2.89 bits per heavy atom. The highest BCUT2D eigenvalue weighted by Crippen LogP contribution is 2.25. The van der Waals surface area contributed by atoms with Gasteiger partial charge in [-0.1, -0.05) is 6.92 Å². The van der Waals surface area contributed by atoms with Crippen LogP contribution in [0.15, 0.2) is 11.6 Å². The fourth-order valence-electron chi connectivity index (χ4n) is 2.25. The fourth-order valence-corrected chi connectivity index (χ4v) is 2.98. The van der Waals surface area contributed by atoms with Gasteiger partial charge in [-0.15, -0.1) is 11.3 Å². The molecule has 4 nitrogen and oxygen atoms in total. The standard InChI is InChI=1S/C13H22N4S/c1-4-6-16(5-2)12-11(9-10(3)14)17-7-8-18-13(17)15-12/h7-8,10H,4-6,9,14H2,1-3H3. The summed E-state index contributed by atoms with van der Waals surface area (Å²) < 4.78 is 2.18. The summed E-state index contributed by atoms with van der Waals surface area (Å²) in [5.41, 5.74) is 7.22. The monoisotopic (exact) mass is 266 g/mol. The SMILES string of the molecule is CCCN(CC)c1nc2sccn2c1CC(C)N. The van der Waals surface area contributed by atoms with E-state index in [-0.39, 0.29) is 6.04 Å². The van der Waals surface area contributed by atoms with Gasteiger partial charge in [0.05, 0.1) is 5.69 Å². The molecule has 2 N–H and O–H groups in total. The van der Waals surface area contributed by atoms with Gasteiger partial charge in [0.2, 0.25) is 0 Å². The number of nitrogens with two attached hydrogens (primary N) is 1. The third-order valence-electron chi connectivity index (χ3n) is 3.03. The van der Waals surface area contributed by atoms with Gasteiger partial charge in [0.25, 0.3) is 0 Å². The zero-order valence-electron chi connectivity index (χ0n) is 11.4. The van der Waals surface area contributed by atoms with Crippen LogP contribution in [0.2, 0.25) is 0 Å². The van der Waals surface area contributed by atoms with Crippen molar-refractivity contribution in [2.75, 3.05) is 18.0 Å². The zero-order chi connectivity index (χ0) is 13.1. The van der Waals surface area contributed by atoms with Gasteiger partial charge >= 0.3 is 0 Å². The van der Waals surface area contributed by atoms with Gasteiger partial charge in [0, 0.05) is 37.1 Å². The Bertz CT molecular complexity index is 500. The van der Waals surface area contributed by atoms with E-state index in [0.29, 0.717) is 0 Å². The number of imidazole rings is 1. The molecule has 0 bridgehead atoms. The predicted molar refractivity (Wildman–Crippen MR) is 78.6 cm³/mol. The van der Waals surface area contributed by atoms with Crippen LogP contribution in [0.5, 0.6) is 0 Å². The van der Waals surface area contributed by atoms with Crippen molar-refractivity contribution >= 4 is 22.1 Å². The molecule has 100 valence electrons. The number of nitrogens with zero attached hydrogens (tertiary/aromatic N) is 3. The molecular weight excluding hydrogens is 244 g/mol. The molecule has 1 atom stereocenters. The molecule has 0 radical (unpaired) electrons. The Balaban J connectivity index is 2.43. The predicted octanol–water partition coefficient (Wildman–Crippen LogP) is 2.52. The molecule has 2 aromatic rings. The molecule has 1 unspecified atom stereocenters. The highest BCUT2D eigenvalue weighted by molar-refractivity contribution is 7.15. The minimum atomic E-state index is 0.156. The summed E-state index contributed by atoms with van der Waals surface area (Å²) >= 11 is 1.68. The van der Waals surface area contributed by atoms with Crippen LogP contribution in [-0.2, 0) is 6.42 Å². The topological polar surface area (TPSA) is 46.6 Å². The normalized spacial score (nSPS) is 13.1. The Hall–Kier alpha value is -1.07. The molecule has 2 heterocycles. The molecule has 0 spiro atoms. The molecule has 0 fully saturated rings. The van der Waals surface area contributed by atoms with Gasteiger partial charge in [0.1, 0.15) is 0 Å². The van der Waals surface area contributed by atoms with Crippen molar-refractivity contribution in [2.24, 2.45) is 5.73 Å².